The van der Waals surface area contributed by atoms with Crippen LogP contribution in [0.15, 0.2) is 18.3 Å². The number of aromatic nitrogens is 2. The van der Waals surface area contributed by atoms with Gasteiger partial charge in [-0.25, -0.2) is 14.1 Å². The molecule has 0 aliphatic carbocycles. The highest BCUT2D eigenvalue weighted by Gasteiger charge is 2.20. The van der Waals surface area contributed by atoms with Gasteiger partial charge in [0, 0.05) is 11.9 Å². The third-order valence-corrected chi connectivity index (χ3v) is 2.93. The molecule has 7 nitrogen and oxygen atoms in total. The predicted octanol–water partition coefficient (Wildman–Crippen LogP) is 3.17. The molecule has 1 amide bonds. The minimum atomic E-state index is -0.586. The Morgan fingerprint density at radius 3 is 2.65 bits per heavy atom. The van der Waals surface area contributed by atoms with Gasteiger partial charge in [0.05, 0.1) is 17.8 Å². The topological polar surface area (TPSA) is 81.9 Å². The van der Waals surface area contributed by atoms with Gasteiger partial charge in [0.15, 0.2) is 0 Å². The van der Waals surface area contributed by atoms with Crippen LogP contribution in [-0.4, -0.2) is 33.9 Å². The molecule has 23 heavy (non-hydrogen) atoms. The molecule has 0 saturated carbocycles. The van der Waals surface area contributed by atoms with Gasteiger partial charge in [-0.3, -0.25) is 5.32 Å². The Morgan fingerprint density at radius 2 is 2.04 bits per heavy atom. The molecule has 2 heterocycles. The van der Waals surface area contributed by atoms with Crippen LogP contribution in [0.25, 0.3) is 5.52 Å². The van der Waals surface area contributed by atoms with E-state index in [1.54, 1.807) is 57.5 Å². The molecule has 7 heteroatoms. The fourth-order valence-corrected chi connectivity index (χ4v) is 2.12. The summed E-state index contributed by atoms with van der Waals surface area (Å²) in [6.07, 6.45) is 1.10. The van der Waals surface area contributed by atoms with E-state index in [0.717, 1.165) is 0 Å². The number of hydrogen-bond donors (Lipinski definition) is 1. The van der Waals surface area contributed by atoms with Gasteiger partial charge in [-0.05, 0) is 46.8 Å². The molecule has 0 aliphatic rings. The fraction of sp³-hybridized carbons (Fsp3) is 0.438. The lowest BCUT2D eigenvalue weighted by atomic mass is 10.2. The molecule has 0 saturated heterocycles. The number of hydrogen-bond acceptors (Lipinski definition) is 5. The number of ether oxygens (including phenoxy) is 2. The summed E-state index contributed by atoms with van der Waals surface area (Å²) in [6.45, 7) is 9.12. The molecular formula is C16H21N3O4. The van der Waals surface area contributed by atoms with Crippen LogP contribution >= 0.6 is 0 Å². The Bertz CT molecular complexity index is 744. The number of pyridine rings is 1. The van der Waals surface area contributed by atoms with E-state index >= 15 is 0 Å². The normalized spacial score (nSPS) is 11.3. The molecule has 2 rings (SSSR count). The number of aryl methyl sites for hydroxylation is 1. The van der Waals surface area contributed by atoms with Crippen molar-refractivity contribution < 1.29 is 19.1 Å². The number of carbonyl (C=O) groups excluding carboxylic acids is 2. The number of nitrogens with one attached hydrogen (secondary N) is 1. The molecule has 2 aromatic heterocycles. The van der Waals surface area contributed by atoms with E-state index < -0.39 is 17.7 Å². The van der Waals surface area contributed by atoms with E-state index in [9.17, 15) is 9.59 Å². The molecule has 0 bridgehead atoms. The van der Waals surface area contributed by atoms with Crippen LogP contribution in [0.2, 0.25) is 0 Å². The van der Waals surface area contributed by atoms with Crippen LogP contribution in [0.4, 0.5) is 10.5 Å². The van der Waals surface area contributed by atoms with Crippen molar-refractivity contribution in [3.05, 3.63) is 29.6 Å². The number of esters is 1. The van der Waals surface area contributed by atoms with Crippen molar-refractivity contribution in [3.63, 3.8) is 0 Å². The van der Waals surface area contributed by atoms with E-state index in [4.69, 9.17) is 9.47 Å². The zero-order chi connectivity index (χ0) is 17.2. The summed E-state index contributed by atoms with van der Waals surface area (Å²) in [5.74, 6) is -0.436. The summed E-state index contributed by atoms with van der Waals surface area (Å²) in [5.41, 5.74) is 1.45. The second-order valence-corrected chi connectivity index (χ2v) is 6.05. The number of fused-ring (bicyclic) bond motifs is 1. The monoisotopic (exact) mass is 319 g/mol. The standard InChI is InChI=1S/C16H21N3O4/c1-6-22-14(20)13-10(2)18-19-8-7-11(9-12(13)19)17-15(21)23-16(3,4)5/h7-9H,6H2,1-5H3,(H,17,21). The van der Waals surface area contributed by atoms with Crippen molar-refractivity contribution in [2.75, 3.05) is 11.9 Å². The Labute approximate surface area is 134 Å². The Hall–Kier alpha value is -2.57. The molecule has 0 unspecified atom stereocenters. The summed E-state index contributed by atoms with van der Waals surface area (Å²) < 4.78 is 11.8. The van der Waals surface area contributed by atoms with Crippen molar-refractivity contribution in [2.45, 2.75) is 40.2 Å². The van der Waals surface area contributed by atoms with Crippen molar-refractivity contribution >= 4 is 23.3 Å². The van der Waals surface area contributed by atoms with Crippen LogP contribution in [0.1, 0.15) is 43.7 Å². The number of rotatable bonds is 3. The Kier molecular flexibility index (Phi) is 4.58. The highest BCUT2D eigenvalue weighted by atomic mass is 16.6. The van der Waals surface area contributed by atoms with Gasteiger partial charge in [-0.15, -0.1) is 0 Å². The molecule has 0 atom stereocenters. The fourth-order valence-electron chi connectivity index (χ4n) is 2.12. The van der Waals surface area contributed by atoms with E-state index in [1.807, 2.05) is 0 Å². The quantitative estimate of drug-likeness (QED) is 0.879. The van der Waals surface area contributed by atoms with E-state index in [2.05, 4.69) is 10.4 Å². The summed E-state index contributed by atoms with van der Waals surface area (Å²) in [7, 11) is 0. The molecule has 0 fully saturated rings. The first-order valence-electron chi connectivity index (χ1n) is 7.37. The molecule has 0 aromatic carbocycles. The van der Waals surface area contributed by atoms with Gasteiger partial charge in [-0.1, -0.05) is 0 Å². The minimum absolute atomic E-state index is 0.283. The molecule has 1 N–H and O–H groups in total. The van der Waals surface area contributed by atoms with Crippen molar-refractivity contribution in [1.82, 2.24) is 9.61 Å². The molecule has 0 radical (unpaired) electrons. The van der Waals surface area contributed by atoms with Gasteiger partial charge in [0.25, 0.3) is 0 Å². The highest BCUT2D eigenvalue weighted by molar-refractivity contribution is 5.99. The molecule has 124 valence electrons. The van der Waals surface area contributed by atoms with Gasteiger partial charge >= 0.3 is 12.1 Å². The SMILES string of the molecule is CCOC(=O)c1c(C)nn2ccc(NC(=O)OC(C)(C)C)cc12. The summed E-state index contributed by atoms with van der Waals surface area (Å²) in [5, 5.41) is 6.91. The molecule has 0 spiro atoms. The summed E-state index contributed by atoms with van der Waals surface area (Å²) in [4.78, 5) is 23.9. The van der Waals surface area contributed by atoms with E-state index in [-0.39, 0.29) is 6.61 Å². The van der Waals surface area contributed by atoms with Crippen molar-refractivity contribution in [1.29, 1.82) is 0 Å². The molecular weight excluding hydrogens is 298 g/mol. The van der Waals surface area contributed by atoms with E-state index in [0.29, 0.717) is 22.5 Å². The summed E-state index contributed by atoms with van der Waals surface area (Å²) >= 11 is 0. The lowest BCUT2D eigenvalue weighted by Crippen LogP contribution is -2.27. The molecule has 0 aliphatic heterocycles. The first-order valence-corrected chi connectivity index (χ1v) is 7.37. The number of amides is 1. The summed E-state index contributed by atoms with van der Waals surface area (Å²) in [6, 6.07) is 3.34. The first kappa shape index (κ1) is 16.8. The maximum Gasteiger partial charge on any atom is 0.412 e. The highest BCUT2D eigenvalue weighted by Crippen LogP contribution is 2.21. The Morgan fingerprint density at radius 1 is 1.35 bits per heavy atom. The van der Waals surface area contributed by atoms with Gasteiger partial charge in [-0.2, -0.15) is 5.10 Å². The largest absolute Gasteiger partial charge is 0.462 e. The smallest absolute Gasteiger partial charge is 0.412 e. The lowest BCUT2D eigenvalue weighted by molar-refractivity contribution is 0.0527. The number of anilines is 1. The van der Waals surface area contributed by atoms with Crippen molar-refractivity contribution in [3.8, 4) is 0 Å². The van der Waals surface area contributed by atoms with Crippen molar-refractivity contribution in [2.24, 2.45) is 0 Å². The number of nitrogens with zero attached hydrogens (tertiary/aromatic N) is 2. The van der Waals surface area contributed by atoms with Gasteiger partial charge in [0.1, 0.15) is 11.2 Å². The van der Waals surface area contributed by atoms with Gasteiger partial charge < -0.3 is 9.47 Å². The number of carbonyl (C=O) groups is 2. The average Bonchev–Trinajstić information content (AvgIpc) is 2.72. The van der Waals surface area contributed by atoms with E-state index in [1.165, 1.54) is 0 Å². The zero-order valence-corrected chi connectivity index (χ0v) is 14.0. The third kappa shape index (κ3) is 4.00. The first-order chi connectivity index (χ1) is 10.7. The maximum absolute atomic E-state index is 12.1. The predicted molar refractivity (Wildman–Crippen MR) is 85.7 cm³/mol. The van der Waals surface area contributed by atoms with Crippen LogP contribution in [0.3, 0.4) is 0 Å². The minimum Gasteiger partial charge on any atom is -0.462 e. The lowest BCUT2D eigenvalue weighted by Gasteiger charge is -2.19. The van der Waals surface area contributed by atoms with Crippen LogP contribution in [0, 0.1) is 6.92 Å². The molecule has 2 aromatic rings. The third-order valence-electron chi connectivity index (χ3n) is 2.93. The van der Waals surface area contributed by atoms with Crippen LogP contribution in [0.5, 0.6) is 0 Å². The van der Waals surface area contributed by atoms with Crippen LogP contribution < -0.4 is 5.32 Å². The van der Waals surface area contributed by atoms with Gasteiger partial charge in [0.2, 0.25) is 0 Å². The Balaban J connectivity index is 2.32. The maximum atomic E-state index is 12.1. The second-order valence-electron chi connectivity index (χ2n) is 6.05. The second kappa shape index (κ2) is 6.28. The average molecular weight is 319 g/mol. The zero-order valence-electron chi connectivity index (χ0n) is 14.0. The van der Waals surface area contributed by atoms with Crippen LogP contribution in [-0.2, 0) is 9.47 Å².